The van der Waals surface area contributed by atoms with Gasteiger partial charge in [-0.1, -0.05) is 0 Å². The Morgan fingerprint density at radius 2 is 0.714 bits per heavy atom. The van der Waals surface area contributed by atoms with Crippen LogP contribution in [0.1, 0.15) is 20.8 Å². The Morgan fingerprint density at radius 3 is 0.857 bits per heavy atom. The van der Waals surface area contributed by atoms with Crippen LogP contribution in [0.2, 0.25) is 0 Å². The normalized spacial score (nSPS) is 24.0. The van der Waals surface area contributed by atoms with E-state index in [1.807, 2.05) is 0 Å². The van der Waals surface area contributed by atoms with Crippen molar-refractivity contribution in [3.05, 3.63) is 0 Å². The van der Waals surface area contributed by atoms with Gasteiger partial charge in [-0.15, -0.1) is 0 Å². The lowest BCUT2D eigenvalue weighted by molar-refractivity contribution is -0.132. The molecule has 0 aliphatic carbocycles. The van der Waals surface area contributed by atoms with Gasteiger partial charge < -0.3 is 0 Å². The number of hydrogen-bond acceptors (Lipinski definition) is 6. The van der Waals surface area contributed by atoms with E-state index in [0.29, 0.717) is 18.5 Å². The lowest BCUT2D eigenvalue weighted by atomic mass is 10.3. The summed E-state index contributed by atoms with van der Waals surface area (Å²) in [6, 6.07) is 0. The molecule has 3 atom stereocenters. The van der Waals surface area contributed by atoms with Crippen molar-refractivity contribution in [1.82, 2.24) is 29.4 Å². The molecule has 1 aliphatic heterocycles. The molecular formula is C15H36N6. The molecule has 0 amide bonds. The van der Waals surface area contributed by atoms with E-state index in [1.165, 1.54) is 0 Å². The molecular weight excluding hydrogens is 264 g/mol. The van der Waals surface area contributed by atoms with E-state index in [9.17, 15) is 0 Å². The first-order chi connectivity index (χ1) is 9.65. The van der Waals surface area contributed by atoms with Gasteiger partial charge in [-0.2, -0.15) is 0 Å². The zero-order valence-electron chi connectivity index (χ0n) is 15.5. The van der Waals surface area contributed by atoms with Gasteiger partial charge in [0, 0.05) is 0 Å². The summed E-state index contributed by atoms with van der Waals surface area (Å²) >= 11 is 0. The largest absolute Gasteiger partial charge is 0.294 e. The SMILES string of the molecule is CC(N(C)C)N1CN(C(C)N(C)C)CN(C(C)N(C)C)C1. The van der Waals surface area contributed by atoms with E-state index in [-0.39, 0.29) is 0 Å². The van der Waals surface area contributed by atoms with E-state index in [1.54, 1.807) is 0 Å². The number of hydrogen-bond donors (Lipinski definition) is 0. The van der Waals surface area contributed by atoms with E-state index in [2.05, 4.69) is 92.5 Å². The van der Waals surface area contributed by atoms with Crippen LogP contribution >= 0.6 is 0 Å². The minimum Gasteiger partial charge on any atom is -0.294 e. The maximum atomic E-state index is 2.53. The van der Waals surface area contributed by atoms with Gasteiger partial charge in [-0.05, 0) is 63.1 Å². The third-order valence-corrected chi connectivity index (χ3v) is 4.92. The molecule has 21 heavy (non-hydrogen) atoms. The predicted molar refractivity (Wildman–Crippen MR) is 89.6 cm³/mol. The molecule has 126 valence electrons. The van der Waals surface area contributed by atoms with Gasteiger partial charge in [0.2, 0.25) is 0 Å². The van der Waals surface area contributed by atoms with Crippen LogP contribution in [0.4, 0.5) is 0 Å². The molecule has 6 heteroatoms. The fraction of sp³-hybridized carbons (Fsp3) is 1.00. The summed E-state index contributed by atoms with van der Waals surface area (Å²) in [5.74, 6) is 0. The Balaban J connectivity index is 2.87. The van der Waals surface area contributed by atoms with Gasteiger partial charge in [-0.25, -0.2) is 0 Å². The van der Waals surface area contributed by atoms with Crippen molar-refractivity contribution in [3.8, 4) is 0 Å². The number of nitrogens with zero attached hydrogens (tertiary/aromatic N) is 6. The van der Waals surface area contributed by atoms with Gasteiger partial charge >= 0.3 is 0 Å². The zero-order chi connectivity index (χ0) is 16.3. The Kier molecular flexibility index (Phi) is 7.03. The van der Waals surface area contributed by atoms with Crippen LogP contribution in [0.25, 0.3) is 0 Å². The first-order valence-electron chi connectivity index (χ1n) is 7.86. The average molecular weight is 300 g/mol. The van der Waals surface area contributed by atoms with Crippen LogP contribution in [0, 0.1) is 0 Å². The molecule has 0 N–H and O–H groups in total. The third kappa shape index (κ3) is 4.87. The van der Waals surface area contributed by atoms with Gasteiger partial charge in [0.15, 0.2) is 0 Å². The molecule has 3 unspecified atom stereocenters. The summed E-state index contributed by atoms with van der Waals surface area (Å²) in [5.41, 5.74) is 0. The van der Waals surface area contributed by atoms with Crippen LogP contribution in [0.5, 0.6) is 0 Å². The molecule has 0 bridgehead atoms. The summed E-state index contributed by atoms with van der Waals surface area (Å²) in [4.78, 5) is 14.4. The lowest BCUT2D eigenvalue weighted by Crippen LogP contribution is -2.65. The quantitative estimate of drug-likeness (QED) is 0.706. The third-order valence-electron chi connectivity index (χ3n) is 4.92. The minimum absolute atomic E-state index is 0.430. The highest BCUT2D eigenvalue weighted by atomic mass is 15.6. The maximum absolute atomic E-state index is 2.53. The first-order valence-corrected chi connectivity index (χ1v) is 7.86. The van der Waals surface area contributed by atoms with Crippen LogP contribution in [-0.2, 0) is 0 Å². The summed E-state index contributed by atoms with van der Waals surface area (Å²) in [6.07, 6.45) is 1.29. The second-order valence-electron chi connectivity index (χ2n) is 6.98. The molecule has 1 rings (SSSR count). The fourth-order valence-corrected chi connectivity index (χ4v) is 2.52. The van der Waals surface area contributed by atoms with Crippen LogP contribution in [0.3, 0.4) is 0 Å². The van der Waals surface area contributed by atoms with E-state index in [0.717, 1.165) is 20.0 Å². The van der Waals surface area contributed by atoms with Crippen LogP contribution < -0.4 is 0 Å². The molecule has 0 aromatic carbocycles. The van der Waals surface area contributed by atoms with E-state index >= 15 is 0 Å². The molecule has 6 nitrogen and oxygen atoms in total. The Morgan fingerprint density at radius 1 is 0.524 bits per heavy atom. The Bertz CT molecular complexity index is 253. The number of rotatable bonds is 6. The van der Waals surface area contributed by atoms with Gasteiger partial charge in [0.1, 0.15) is 0 Å². The molecule has 1 aliphatic rings. The predicted octanol–water partition coefficient (Wildman–Crippen LogP) is 0.501. The van der Waals surface area contributed by atoms with E-state index in [4.69, 9.17) is 0 Å². The molecule has 0 aromatic heterocycles. The average Bonchev–Trinajstić information content (AvgIpc) is 2.43. The van der Waals surface area contributed by atoms with Gasteiger partial charge in [-0.3, -0.25) is 29.4 Å². The topological polar surface area (TPSA) is 19.4 Å². The van der Waals surface area contributed by atoms with Gasteiger partial charge in [0.05, 0.1) is 38.5 Å². The summed E-state index contributed by atoms with van der Waals surface area (Å²) in [7, 11) is 12.9. The zero-order valence-corrected chi connectivity index (χ0v) is 15.5. The standard InChI is InChI=1S/C15H36N6/c1-13(16(4)5)19-10-20(14(2)17(6)7)12-21(11-19)15(3)18(8)9/h13-15H,10-12H2,1-9H3. The van der Waals surface area contributed by atoms with Gasteiger partial charge in [0.25, 0.3) is 0 Å². The highest BCUT2D eigenvalue weighted by molar-refractivity contribution is 4.78. The highest BCUT2D eigenvalue weighted by Crippen LogP contribution is 2.18. The molecule has 1 saturated heterocycles. The minimum atomic E-state index is 0.430. The Labute approximate surface area is 131 Å². The smallest absolute Gasteiger partial charge is 0.0611 e. The van der Waals surface area contributed by atoms with Crippen molar-refractivity contribution >= 4 is 0 Å². The first kappa shape index (κ1) is 18.8. The van der Waals surface area contributed by atoms with Crippen molar-refractivity contribution in [2.45, 2.75) is 39.3 Å². The molecule has 0 saturated carbocycles. The van der Waals surface area contributed by atoms with E-state index < -0.39 is 0 Å². The van der Waals surface area contributed by atoms with Crippen LogP contribution in [-0.4, -0.2) is 110 Å². The second kappa shape index (κ2) is 7.85. The van der Waals surface area contributed by atoms with Crippen molar-refractivity contribution in [2.75, 3.05) is 62.3 Å². The summed E-state index contributed by atoms with van der Waals surface area (Å²) in [5, 5.41) is 0. The highest BCUT2D eigenvalue weighted by Gasteiger charge is 2.32. The molecule has 1 heterocycles. The molecule has 0 spiro atoms. The van der Waals surface area contributed by atoms with Crippen molar-refractivity contribution in [2.24, 2.45) is 0 Å². The monoisotopic (exact) mass is 300 g/mol. The Hall–Kier alpha value is -0.240. The lowest BCUT2D eigenvalue weighted by Gasteiger charge is -2.51. The van der Waals surface area contributed by atoms with Crippen molar-refractivity contribution < 1.29 is 0 Å². The molecule has 1 fully saturated rings. The second-order valence-corrected chi connectivity index (χ2v) is 6.98. The van der Waals surface area contributed by atoms with Crippen LogP contribution in [0.15, 0.2) is 0 Å². The summed E-state index contributed by atoms with van der Waals surface area (Å²) in [6.45, 7) is 9.87. The summed E-state index contributed by atoms with van der Waals surface area (Å²) < 4.78 is 0. The maximum Gasteiger partial charge on any atom is 0.0611 e. The van der Waals surface area contributed by atoms with Crippen molar-refractivity contribution in [3.63, 3.8) is 0 Å². The van der Waals surface area contributed by atoms with Crippen molar-refractivity contribution in [1.29, 1.82) is 0 Å². The fourth-order valence-electron chi connectivity index (χ4n) is 2.52. The molecule has 0 radical (unpaired) electrons. The molecule has 0 aromatic rings.